The van der Waals surface area contributed by atoms with Crippen LogP contribution < -0.4 is 15.2 Å². The molecule has 0 bridgehead atoms. The minimum Gasteiger partial charge on any atom is -0.495 e. The number of benzene rings is 1. The molecule has 6 nitrogen and oxygen atoms in total. The SMILES string of the molecule is COc1ccccc1NS(=O)(=O)c1cc(CN)oc1C. The van der Waals surface area contributed by atoms with Gasteiger partial charge in [-0.3, -0.25) is 4.72 Å². The second-order valence-corrected chi connectivity index (χ2v) is 5.79. The molecular formula is C13H16N2O4S. The van der Waals surface area contributed by atoms with Crippen LogP contribution in [0.5, 0.6) is 5.75 Å². The third kappa shape index (κ3) is 2.78. The van der Waals surface area contributed by atoms with Gasteiger partial charge in [-0.1, -0.05) is 12.1 Å². The summed E-state index contributed by atoms with van der Waals surface area (Å²) in [6.07, 6.45) is 0. The smallest absolute Gasteiger partial charge is 0.265 e. The quantitative estimate of drug-likeness (QED) is 0.878. The first-order valence-corrected chi connectivity index (χ1v) is 7.41. The number of nitrogens with two attached hydrogens (primary N) is 1. The van der Waals surface area contributed by atoms with Crippen molar-refractivity contribution in [1.82, 2.24) is 0 Å². The molecule has 0 aliphatic carbocycles. The second-order valence-electron chi connectivity index (χ2n) is 4.14. The van der Waals surface area contributed by atoms with Crippen molar-refractivity contribution < 1.29 is 17.6 Å². The molecule has 0 atom stereocenters. The standard InChI is InChI=1S/C13H16N2O4S/c1-9-13(7-10(8-14)19-9)20(16,17)15-11-5-3-4-6-12(11)18-2/h3-7,15H,8,14H2,1-2H3. The lowest BCUT2D eigenvalue weighted by Gasteiger charge is -2.10. The summed E-state index contributed by atoms with van der Waals surface area (Å²) < 4.78 is 37.6. The number of ether oxygens (including phenoxy) is 1. The third-order valence-corrected chi connectivity index (χ3v) is 4.24. The van der Waals surface area contributed by atoms with Crippen LogP contribution in [-0.2, 0) is 16.6 Å². The molecule has 3 N–H and O–H groups in total. The van der Waals surface area contributed by atoms with E-state index in [9.17, 15) is 8.42 Å². The van der Waals surface area contributed by atoms with Gasteiger partial charge in [0.2, 0.25) is 0 Å². The molecule has 2 aromatic rings. The van der Waals surface area contributed by atoms with E-state index in [0.29, 0.717) is 23.0 Å². The molecule has 7 heteroatoms. The van der Waals surface area contributed by atoms with Gasteiger partial charge in [0.25, 0.3) is 10.0 Å². The summed E-state index contributed by atoms with van der Waals surface area (Å²) in [5, 5.41) is 0. The van der Waals surface area contributed by atoms with Crippen LogP contribution in [0.1, 0.15) is 11.5 Å². The monoisotopic (exact) mass is 296 g/mol. The summed E-state index contributed by atoms with van der Waals surface area (Å²) in [6.45, 7) is 1.72. The van der Waals surface area contributed by atoms with Crippen LogP contribution in [0.4, 0.5) is 5.69 Å². The fourth-order valence-corrected chi connectivity index (χ4v) is 3.10. The normalized spacial score (nSPS) is 11.3. The number of aryl methyl sites for hydroxylation is 1. The molecule has 1 heterocycles. The fourth-order valence-electron chi connectivity index (χ4n) is 1.82. The third-order valence-electron chi connectivity index (χ3n) is 2.77. The number of nitrogens with one attached hydrogen (secondary N) is 1. The highest BCUT2D eigenvalue weighted by molar-refractivity contribution is 7.92. The maximum atomic E-state index is 12.4. The molecule has 108 valence electrons. The zero-order chi connectivity index (χ0) is 14.8. The van der Waals surface area contributed by atoms with E-state index in [2.05, 4.69) is 4.72 Å². The van der Waals surface area contributed by atoms with Gasteiger partial charge in [0.05, 0.1) is 19.3 Å². The second kappa shape index (κ2) is 5.56. The predicted octanol–water partition coefficient (Wildman–Crippen LogP) is 1.86. The Labute approximate surface area is 117 Å². The van der Waals surface area contributed by atoms with Crippen molar-refractivity contribution >= 4 is 15.7 Å². The van der Waals surface area contributed by atoms with Gasteiger partial charge in [0.15, 0.2) is 0 Å². The average Bonchev–Trinajstić information content (AvgIpc) is 2.81. The van der Waals surface area contributed by atoms with E-state index >= 15 is 0 Å². The van der Waals surface area contributed by atoms with E-state index in [1.54, 1.807) is 31.2 Å². The Hall–Kier alpha value is -1.99. The molecule has 0 unspecified atom stereocenters. The molecule has 20 heavy (non-hydrogen) atoms. The lowest BCUT2D eigenvalue weighted by Crippen LogP contribution is -2.13. The van der Waals surface area contributed by atoms with E-state index in [1.807, 2.05) is 0 Å². The Kier molecular flexibility index (Phi) is 4.01. The Morgan fingerprint density at radius 2 is 2.05 bits per heavy atom. The molecule has 0 aliphatic rings. The molecule has 0 fully saturated rings. The summed E-state index contributed by atoms with van der Waals surface area (Å²) >= 11 is 0. The first kappa shape index (κ1) is 14.4. The Bertz CT molecular complexity index is 707. The van der Waals surface area contributed by atoms with Crippen molar-refractivity contribution in [1.29, 1.82) is 0 Å². The Morgan fingerprint density at radius 3 is 2.65 bits per heavy atom. The van der Waals surface area contributed by atoms with E-state index in [4.69, 9.17) is 14.9 Å². The van der Waals surface area contributed by atoms with Crippen LogP contribution in [-0.4, -0.2) is 15.5 Å². The van der Waals surface area contributed by atoms with Gasteiger partial charge in [-0.25, -0.2) is 8.42 Å². The number of hydrogen-bond donors (Lipinski definition) is 2. The highest BCUT2D eigenvalue weighted by Crippen LogP contribution is 2.28. The van der Waals surface area contributed by atoms with Gasteiger partial charge in [0, 0.05) is 6.07 Å². The first-order valence-electron chi connectivity index (χ1n) is 5.93. The zero-order valence-electron chi connectivity index (χ0n) is 11.2. The number of para-hydroxylation sites is 2. The van der Waals surface area contributed by atoms with Crippen LogP contribution in [0.3, 0.4) is 0 Å². The summed E-state index contributed by atoms with van der Waals surface area (Å²) in [4.78, 5) is 0.0730. The highest BCUT2D eigenvalue weighted by atomic mass is 32.2. The van der Waals surface area contributed by atoms with Crippen LogP contribution in [0.25, 0.3) is 0 Å². The van der Waals surface area contributed by atoms with Gasteiger partial charge in [0.1, 0.15) is 22.2 Å². The number of anilines is 1. The maximum absolute atomic E-state index is 12.4. The summed E-state index contributed by atoms with van der Waals surface area (Å²) in [7, 11) is -2.27. The summed E-state index contributed by atoms with van der Waals surface area (Å²) in [5.74, 6) is 1.16. The molecule has 0 aliphatic heterocycles. The van der Waals surface area contributed by atoms with Gasteiger partial charge >= 0.3 is 0 Å². The number of hydrogen-bond acceptors (Lipinski definition) is 5. The lowest BCUT2D eigenvalue weighted by molar-refractivity contribution is 0.417. The number of furan rings is 1. The van der Waals surface area contributed by atoms with Crippen molar-refractivity contribution in [3.8, 4) is 5.75 Å². The fraction of sp³-hybridized carbons (Fsp3) is 0.231. The predicted molar refractivity (Wildman–Crippen MR) is 75.1 cm³/mol. The molecule has 0 amide bonds. The Morgan fingerprint density at radius 1 is 1.35 bits per heavy atom. The minimum atomic E-state index is -3.75. The van der Waals surface area contributed by atoms with Crippen LogP contribution in [0.2, 0.25) is 0 Å². The average molecular weight is 296 g/mol. The molecule has 2 rings (SSSR count). The minimum absolute atomic E-state index is 0.0730. The molecular weight excluding hydrogens is 280 g/mol. The number of methoxy groups -OCH3 is 1. The van der Waals surface area contributed by atoms with E-state index in [-0.39, 0.29) is 11.4 Å². The van der Waals surface area contributed by atoms with Crippen molar-refractivity contribution in [3.05, 3.63) is 41.9 Å². The summed E-state index contributed by atoms with van der Waals surface area (Å²) in [6, 6.07) is 8.19. The maximum Gasteiger partial charge on any atom is 0.265 e. The van der Waals surface area contributed by atoms with E-state index in [1.165, 1.54) is 13.2 Å². The number of rotatable bonds is 5. The van der Waals surface area contributed by atoms with Gasteiger partial charge < -0.3 is 14.9 Å². The van der Waals surface area contributed by atoms with Gasteiger partial charge in [-0.2, -0.15) is 0 Å². The van der Waals surface area contributed by atoms with Crippen molar-refractivity contribution in [2.24, 2.45) is 5.73 Å². The zero-order valence-corrected chi connectivity index (χ0v) is 12.0. The van der Waals surface area contributed by atoms with Crippen LogP contribution in [0, 0.1) is 6.92 Å². The molecule has 1 aromatic carbocycles. The van der Waals surface area contributed by atoms with Crippen LogP contribution in [0.15, 0.2) is 39.6 Å². The van der Waals surface area contributed by atoms with E-state index < -0.39 is 10.0 Å². The van der Waals surface area contributed by atoms with Gasteiger partial charge in [-0.05, 0) is 19.1 Å². The van der Waals surface area contributed by atoms with Crippen LogP contribution >= 0.6 is 0 Å². The molecule has 0 saturated carbocycles. The topological polar surface area (TPSA) is 94.6 Å². The molecule has 0 spiro atoms. The largest absolute Gasteiger partial charge is 0.495 e. The lowest BCUT2D eigenvalue weighted by atomic mass is 10.3. The molecule has 1 aromatic heterocycles. The van der Waals surface area contributed by atoms with Crippen molar-refractivity contribution in [3.63, 3.8) is 0 Å². The summed E-state index contributed by atoms with van der Waals surface area (Å²) in [5.41, 5.74) is 5.81. The first-order chi connectivity index (χ1) is 9.47. The molecule has 0 radical (unpaired) electrons. The Balaban J connectivity index is 2.38. The van der Waals surface area contributed by atoms with Crippen molar-refractivity contribution in [2.75, 3.05) is 11.8 Å². The number of sulfonamides is 1. The van der Waals surface area contributed by atoms with E-state index in [0.717, 1.165) is 0 Å². The highest BCUT2D eigenvalue weighted by Gasteiger charge is 2.22. The van der Waals surface area contributed by atoms with Crippen molar-refractivity contribution in [2.45, 2.75) is 18.4 Å². The van der Waals surface area contributed by atoms with Gasteiger partial charge in [-0.15, -0.1) is 0 Å². The molecule has 0 saturated heterocycles.